The van der Waals surface area contributed by atoms with Gasteiger partial charge in [-0.25, -0.2) is 0 Å². The Morgan fingerprint density at radius 3 is 2.80 bits per heavy atom. The Hall–Kier alpha value is -0.520. The van der Waals surface area contributed by atoms with Gasteiger partial charge in [0.2, 0.25) is 0 Å². The number of benzene rings is 1. The maximum Gasteiger partial charge on any atom is 0.131 e. The highest BCUT2D eigenvalue weighted by Gasteiger charge is 2.13. The van der Waals surface area contributed by atoms with Crippen molar-refractivity contribution < 1.29 is 4.74 Å². The Labute approximate surface area is 140 Å². The second-order valence-electron chi connectivity index (χ2n) is 4.34. The van der Waals surface area contributed by atoms with Crippen LogP contribution < -0.4 is 4.74 Å². The number of aromatic nitrogens is 2. The topological polar surface area (TPSA) is 27.1 Å². The summed E-state index contributed by atoms with van der Waals surface area (Å²) in [7, 11) is 0. The highest BCUT2D eigenvalue weighted by atomic mass is 79.9. The molecule has 2 rings (SSSR count). The summed E-state index contributed by atoms with van der Waals surface area (Å²) >= 11 is 13.0. The molecule has 20 heavy (non-hydrogen) atoms. The molecule has 0 bridgehead atoms. The molecular weight excluding hydrogens is 407 g/mol. The number of nitrogens with zero attached hydrogens (tertiary/aromatic N) is 2. The van der Waals surface area contributed by atoms with Crippen molar-refractivity contribution in [3.05, 3.63) is 44.6 Å². The first-order chi connectivity index (χ1) is 9.56. The number of hydrogen-bond donors (Lipinski definition) is 0. The van der Waals surface area contributed by atoms with E-state index in [1.807, 2.05) is 29.8 Å². The van der Waals surface area contributed by atoms with Crippen LogP contribution in [-0.2, 0) is 18.5 Å². The Morgan fingerprint density at radius 2 is 2.15 bits per heavy atom. The molecule has 6 heteroatoms. The summed E-state index contributed by atoms with van der Waals surface area (Å²) in [5.74, 6) is 0.833. The maximum atomic E-state index is 5.99. The Kier molecular flexibility index (Phi) is 5.52. The molecule has 0 aliphatic rings. The summed E-state index contributed by atoms with van der Waals surface area (Å²) < 4.78 is 8.88. The lowest BCUT2D eigenvalue weighted by atomic mass is 10.2. The number of halogens is 3. The van der Waals surface area contributed by atoms with E-state index in [0.29, 0.717) is 17.0 Å². The van der Waals surface area contributed by atoms with Crippen LogP contribution in [0.1, 0.15) is 23.9 Å². The Morgan fingerprint density at radius 1 is 1.40 bits per heavy atom. The van der Waals surface area contributed by atoms with Crippen molar-refractivity contribution >= 4 is 43.5 Å². The zero-order valence-electron chi connectivity index (χ0n) is 11.3. The molecule has 1 aromatic carbocycles. The van der Waals surface area contributed by atoms with Crippen molar-refractivity contribution in [3.8, 4) is 5.75 Å². The third kappa shape index (κ3) is 3.38. The Bertz CT molecular complexity index is 613. The molecule has 0 atom stereocenters. The summed E-state index contributed by atoms with van der Waals surface area (Å²) in [5, 5.41) is 5.87. The molecular formula is C14H15Br2ClN2O. The maximum absolute atomic E-state index is 5.99. The van der Waals surface area contributed by atoms with Crippen molar-refractivity contribution in [2.75, 3.05) is 0 Å². The second kappa shape index (κ2) is 6.96. The summed E-state index contributed by atoms with van der Waals surface area (Å²) in [6.07, 6.45) is 0. The van der Waals surface area contributed by atoms with Crippen LogP contribution in [0.25, 0.3) is 0 Å². The molecule has 0 unspecified atom stereocenters. The van der Waals surface area contributed by atoms with E-state index < -0.39 is 0 Å². The van der Waals surface area contributed by atoms with Gasteiger partial charge in [0.05, 0.1) is 15.9 Å². The van der Waals surface area contributed by atoms with E-state index in [-0.39, 0.29) is 0 Å². The highest BCUT2D eigenvalue weighted by Crippen LogP contribution is 2.27. The van der Waals surface area contributed by atoms with Crippen LogP contribution in [-0.4, -0.2) is 9.78 Å². The molecule has 1 heterocycles. The number of rotatable bonds is 5. The van der Waals surface area contributed by atoms with E-state index in [4.69, 9.17) is 16.3 Å². The van der Waals surface area contributed by atoms with E-state index in [0.717, 1.165) is 33.7 Å². The van der Waals surface area contributed by atoms with Crippen molar-refractivity contribution in [2.45, 2.75) is 32.3 Å². The van der Waals surface area contributed by atoms with Gasteiger partial charge in [-0.05, 0) is 48.0 Å². The number of alkyl halides is 1. The van der Waals surface area contributed by atoms with Crippen molar-refractivity contribution in [3.63, 3.8) is 0 Å². The van der Waals surface area contributed by atoms with Gasteiger partial charge in [0.1, 0.15) is 12.4 Å². The largest absolute Gasteiger partial charge is 0.487 e. The average Bonchev–Trinajstić information content (AvgIpc) is 2.72. The molecule has 2 aromatic rings. The zero-order chi connectivity index (χ0) is 14.7. The van der Waals surface area contributed by atoms with E-state index in [1.165, 1.54) is 0 Å². The highest BCUT2D eigenvalue weighted by molar-refractivity contribution is 9.10. The van der Waals surface area contributed by atoms with Gasteiger partial charge in [-0.15, -0.1) is 0 Å². The zero-order valence-corrected chi connectivity index (χ0v) is 15.2. The molecule has 1 aromatic heterocycles. The molecule has 0 fully saturated rings. The van der Waals surface area contributed by atoms with Gasteiger partial charge >= 0.3 is 0 Å². The molecule has 0 spiro atoms. The van der Waals surface area contributed by atoms with Crippen LogP contribution >= 0.6 is 43.5 Å². The third-order valence-electron chi connectivity index (χ3n) is 2.98. The first-order valence-corrected chi connectivity index (χ1v) is 8.55. The molecule has 0 aliphatic carbocycles. The summed E-state index contributed by atoms with van der Waals surface area (Å²) in [5.41, 5.74) is 3.05. The molecule has 0 N–H and O–H groups in total. The third-order valence-corrected chi connectivity index (χ3v) is 4.85. The fraction of sp³-hybridized carbons (Fsp3) is 0.357. The van der Waals surface area contributed by atoms with Crippen LogP contribution in [0.2, 0.25) is 5.02 Å². The van der Waals surface area contributed by atoms with Crippen LogP contribution in [0.5, 0.6) is 5.75 Å². The van der Waals surface area contributed by atoms with Crippen molar-refractivity contribution in [2.24, 2.45) is 0 Å². The van der Waals surface area contributed by atoms with Gasteiger partial charge in [0.15, 0.2) is 0 Å². The summed E-state index contributed by atoms with van der Waals surface area (Å²) in [4.78, 5) is 0. The molecule has 108 valence electrons. The molecule has 0 saturated heterocycles. The summed E-state index contributed by atoms with van der Waals surface area (Å²) in [6.45, 7) is 5.33. The van der Waals surface area contributed by atoms with Crippen LogP contribution in [0.4, 0.5) is 0 Å². The first kappa shape index (κ1) is 15.9. The van der Waals surface area contributed by atoms with Crippen LogP contribution in [0, 0.1) is 6.92 Å². The normalized spacial score (nSPS) is 10.8. The van der Waals surface area contributed by atoms with E-state index >= 15 is 0 Å². The Balaban J connectivity index is 2.21. The van der Waals surface area contributed by atoms with Crippen molar-refractivity contribution in [1.29, 1.82) is 0 Å². The quantitative estimate of drug-likeness (QED) is 0.627. The fourth-order valence-electron chi connectivity index (χ4n) is 1.95. The molecule has 3 nitrogen and oxygen atoms in total. The van der Waals surface area contributed by atoms with Gasteiger partial charge in [-0.3, -0.25) is 4.68 Å². The molecule has 0 amide bonds. The average molecular weight is 423 g/mol. The van der Waals surface area contributed by atoms with E-state index in [2.05, 4.69) is 43.9 Å². The number of aryl methyl sites for hydroxylation is 2. The lowest BCUT2D eigenvalue weighted by Crippen LogP contribution is -2.07. The van der Waals surface area contributed by atoms with Gasteiger partial charge in [-0.2, -0.15) is 5.10 Å². The van der Waals surface area contributed by atoms with Gasteiger partial charge in [0, 0.05) is 22.5 Å². The van der Waals surface area contributed by atoms with Crippen LogP contribution in [0.15, 0.2) is 22.7 Å². The van der Waals surface area contributed by atoms with E-state index in [9.17, 15) is 0 Å². The smallest absolute Gasteiger partial charge is 0.131 e. The fourth-order valence-corrected chi connectivity index (χ4v) is 2.98. The molecule has 0 radical (unpaired) electrons. The minimum absolute atomic E-state index is 0.469. The minimum atomic E-state index is 0.469. The molecule has 0 saturated carbocycles. The lowest BCUT2D eigenvalue weighted by molar-refractivity contribution is 0.289. The molecule has 0 aliphatic heterocycles. The second-order valence-corrected chi connectivity index (χ2v) is 6.13. The van der Waals surface area contributed by atoms with Gasteiger partial charge < -0.3 is 4.74 Å². The first-order valence-electron chi connectivity index (χ1n) is 6.25. The minimum Gasteiger partial charge on any atom is -0.487 e. The predicted molar refractivity (Wildman–Crippen MR) is 88.8 cm³/mol. The predicted octanol–water partition coefficient (Wildman–Crippen LogP) is 5.10. The van der Waals surface area contributed by atoms with Crippen LogP contribution in [0.3, 0.4) is 0 Å². The number of hydrogen-bond acceptors (Lipinski definition) is 2. The SMILES string of the molecule is CCn1nc(C)c(Br)c1COc1ccc(Cl)cc1CBr. The van der Waals surface area contributed by atoms with E-state index in [1.54, 1.807) is 0 Å². The summed E-state index contributed by atoms with van der Waals surface area (Å²) in [6, 6.07) is 5.63. The standard InChI is InChI=1S/C14H15Br2ClN2O/c1-3-19-12(14(16)9(2)18-19)8-20-13-5-4-11(17)6-10(13)7-15/h4-6H,3,7-8H2,1-2H3. The van der Waals surface area contributed by atoms with Crippen molar-refractivity contribution in [1.82, 2.24) is 9.78 Å². The van der Waals surface area contributed by atoms with Gasteiger partial charge in [0.25, 0.3) is 0 Å². The lowest BCUT2D eigenvalue weighted by Gasteiger charge is -2.11. The monoisotopic (exact) mass is 420 g/mol. The van der Waals surface area contributed by atoms with Gasteiger partial charge in [-0.1, -0.05) is 27.5 Å². The number of ether oxygens (including phenoxy) is 1.